The summed E-state index contributed by atoms with van der Waals surface area (Å²) in [5, 5.41) is 2.20. The highest BCUT2D eigenvalue weighted by atomic mass is 32.2. The van der Waals surface area contributed by atoms with Crippen LogP contribution in [0.25, 0.3) is 0 Å². The van der Waals surface area contributed by atoms with Crippen LogP contribution >= 0.6 is 11.8 Å². The van der Waals surface area contributed by atoms with E-state index in [0.29, 0.717) is 43.8 Å². The van der Waals surface area contributed by atoms with Gasteiger partial charge in [-0.05, 0) is 122 Å². The van der Waals surface area contributed by atoms with E-state index in [1.165, 1.54) is 10.4 Å². The fourth-order valence-electron chi connectivity index (χ4n) is 9.19. The third kappa shape index (κ3) is 14.6. The van der Waals surface area contributed by atoms with Crippen LogP contribution in [0.15, 0.2) is 144 Å². The molecule has 0 saturated carbocycles. The number of ether oxygens (including phenoxy) is 6. The first-order valence-electron chi connectivity index (χ1n) is 24.5. The molecule has 6 rings (SSSR count). The number of benzene rings is 5. The molecule has 0 radical (unpaired) electrons. The minimum absolute atomic E-state index is 0.110. The van der Waals surface area contributed by atoms with Gasteiger partial charge in [-0.3, -0.25) is 0 Å². The van der Waals surface area contributed by atoms with E-state index in [4.69, 9.17) is 32.8 Å². The Labute approximate surface area is 419 Å². The molecule has 5 aromatic rings. The molecule has 370 valence electrons. The predicted molar refractivity (Wildman–Crippen MR) is 288 cm³/mol. The summed E-state index contributed by atoms with van der Waals surface area (Å²) in [5.41, 5.74) is 3.32. The highest BCUT2D eigenvalue weighted by molar-refractivity contribution is 7.99. The number of hydrogen-bond acceptors (Lipinski definition) is 9. The predicted octanol–water partition coefficient (Wildman–Crippen LogP) is 13.1. The van der Waals surface area contributed by atoms with Crippen molar-refractivity contribution in [2.75, 3.05) is 20.8 Å². The summed E-state index contributed by atoms with van der Waals surface area (Å²) in [6.45, 7) is 22.6. The molecule has 2 unspecified atom stereocenters. The minimum atomic E-state index is -2.78. The second-order valence-electron chi connectivity index (χ2n) is 20.9. The van der Waals surface area contributed by atoms with Gasteiger partial charge in [0, 0.05) is 24.3 Å². The van der Waals surface area contributed by atoms with Crippen molar-refractivity contribution in [1.82, 2.24) is 0 Å². The van der Waals surface area contributed by atoms with Crippen LogP contribution < -0.4 is 19.8 Å². The van der Waals surface area contributed by atoms with Crippen molar-refractivity contribution >= 4 is 44.5 Å². The average Bonchev–Trinajstić information content (AvgIpc) is 3.63. The zero-order valence-electron chi connectivity index (χ0n) is 43.1. The highest BCUT2D eigenvalue weighted by Gasteiger charge is 2.51. The molecule has 0 N–H and O–H groups in total. The van der Waals surface area contributed by atoms with Crippen LogP contribution in [0.2, 0.25) is 30.7 Å². The van der Waals surface area contributed by atoms with E-state index >= 15 is 0 Å². The molecular formula is C58H76O8SSi2. The lowest BCUT2D eigenvalue weighted by Gasteiger charge is -2.44. The molecule has 0 spiro atoms. The van der Waals surface area contributed by atoms with E-state index in [1.54, 1.807) is 26.0 Å². The Hall–Kier alpha value is -4.47. The maximum Gasteiger partial charge on any atom is 0.338 e. The molecule has 1 heterocycles. The molecule has 5 atom stereocenters. The van der Waals surface area contributed by atoms with Crippen LogP contribution in [0.4, 0.5) is 0 Å². The van der Waals surface area contributed by atoms with Gasteiger partial charge in [-0.1, -0.05) is 144 Å². The fourth-order valence-corrected chi connectivity index (χ4v) is 15.8. The quantitative estimate of drug-likeness (QED) is 0.0275. The first kappa shape index (κ1) is 53.9. The van der Waals surface area contributed by atoms with Gasteiger partial charge in [0.2, 0.25) is 0 Å². The van der Waals surface area contributed by atoms with Crippen molar-refractivity contribution in [3.05, 3.63) is 162 Å². The Kier molecular flexibility index (Phi) is 18.8. The number of carbonyl (C=O) groups is 1. The molecule has 0 bridgehead atoms. The van der Waals surface area contributed by atoms with Gasteiger partial charge in [-0.15, -0.1) is 11.8 Å². The molecule has 69 heavy (non-hydrogen) atoms. The van der Waals surface area contributed by atoms with Gasteiger partial charge in [-0.25, -0.2) is 4.79 Å². The van der Waals surface area contributed by atoms with E-state index < -0.39 is 34.4 Å². The number of aryl methyl sites for hydroxylation is 1. The first-order chi connectivity index (χ1) is 32.8. The summed E-state index contributed by atoms with van der Waals surface area (Å²) < 4.78 is 45.4. The van der Waals surface area contributed by atoms with Crippen molar-refractivity contribution in [3.8, 4) is 11.5 Å². The van der Waals surface area contributed by atoms with Crippen LogP contribution in [0.3, 0.4) is 0 Å². The Balaban J connectivity index is 1.31. The number of rotatable bonds is 23. The number of hydrogen-bond donors (Lipinski definition) is 0. The average molecular weight is 989 g/mol. The molecule has 1 aliphatic rings. The number of esters is 1. The Morgan fingerprint density at radius 2 is 1.41 bits per heavy atom. The largest absolute Gasteiger partial charge is 0.497 e. The smallest absolute Gasteiger partial charge is 0.338 e. The standard InChI is InChI=1S/C58H76O8SSi2/c1-42-39-46(61-9)40-50(54(42)56(59)62-37-38-68(10,11)12)53(67-47-24-16-13-17-25-47)36-35-52-55(65-58(6,7)64-52)51(63-41-44-31-33-45(60-8)34-32-44)30-22-23-43(2)66-69(57(3,4)5,48-26-18-14-19-27-48)49-28-20-15-21-29-49/h13-22,24-34,39-40,43,51-53,55H,23,35-38,41H2,1-12H3/b30-22-/t43-,51?,52+,53?,55-/m1/s1. The Bertz CT molecular complexity index is 2360. The highest BCUT2D eigenvalue weighted by Crippen LogP contribution is 2.45. The molecule has 1 fully saturated rings. The lowest BCUT2D eigenvalue weighted by atomic mass is 9.94. The summed E-state index contributed by atoms with van der Waals surface area (Å²) in [7, 11) is -0.877. The van der Waals surface area contributed by atoms with Gasteiger partial charge in [0.1, 0.15) is 23.7 Å². The normalized spacial score (nSPS) is 17.6. The van der Waals surface area contributed by atoms with E-state index in [0.717, 1.165) is 33.4 Å². The number of carbonyl (C=O) groups excluding carboxylic acids is 1. The third-order valence-electron chi connectivity index (χ3n) is 12.7. The van der Waals surface area contributed by atoms with Gasteiger partial charge in [0.15, 0.2) is 5.79 Å². The van der Waals surface area contributed by atoms with E-state index in [1.807, 2.05) is 75.4 Å². The zero-order chi connectivity index (χ0) is 49.8. The molecule has 8 nitrogen and oxygen atoms in total. The van der Waals surface area contributed by atoms with Crippen LogP contribution in [0.5, 0.6) is 11.5 Å². The van der Waals surface area contributed by atoms with Crippen molar-refractivity contribution < 1.29 is 37.6 Å². The lowest BCUT2D eigenvalue weighted by molar-refractivity contribution is -0.156. The van der Waals surface area contributed by atoms with Gasteiger partial charge in [0.05, 0.1) is 39.1 Å². The Morgan fingerprint density at radius 1 is 0.812 bits per heavy atom. The second-order valence-corrected chi connectivity index (χ2v) is 32.0. The maximum absolute atomic E-state index is 14.1. The molecule has 1 aliphatic heterocycles. The van der Waals surface area contributed by atoms with E-state index in [-0.39, 0.29) is 28.5 Å². The van der Waals surface area contributed by atoms with Crippen molar-refractivity contribution in [2.24, 2.45) is 0 Å². The van der Waals surface area contributed by atoms with Crippen LogP contribution in [-0.2, 0) is 30.0 Å². The summed E-state index contributed by atoms with van der Waals surface area (Å²) in [6.07, 6.45) is 4.94. The van der Waals surface area contributed by atoms with E-state index in [9.17, 15) is 4.79 Å². The molecule has 0 amide bonds. The van der Waals surface area contributed by atoms with Crippen LogP contribution in [0.1, 0.15) is 93.1 Å². The molecule has 0 aromatic heterocycles. The van der Waals surface area contributed by atoms with E-state index in [2.05, 4.69) is 132 Å². The molecule has 0 aliphatic carbocycles. The second kappa shape index (κ2) is 24.1. The van der Waals surface area contributed by atoms with Crippen molar-refractivity contribution in [3.63, 3.8) is 0 Å². The molecule has 1 saturated heterocycles. The van der Waals surface area contributed by atoms with Gasteiger partial charge in [-0.2, -0.15) is 0 Å². The van der Waals surface area contributed by atoms with Crippen LogP contribution in [-0.4, -0.2) is 73.4 Å². The topological polar surface area (TPSA) is 81.7 Å². The molecule has 5 aromatic carbocycles. The SMILES string of the molecule is COc1ccc(COC(/C=C\C[C@@H](C)O[Si](c2ccccc2)(c2ccccc2)C(C)(C)C)[C@H]2OC(C)(C)O[C@H]2CCC(Sc2ccccc2)c2cc(OC)cc(C)c2C(=O)OCC[Si](C)(C)C)cc1. The van der Waals surface area contributed by atoms with Crippen molar-refractivity contribution in [2.45, 2.75) is 145 Å². The maximum atomic E-state index is 14.1. The number of thioether (sulfide) groups is 1. The number of methoxy groups -OCH3 is 2. The fraction of sp³-hybridized carbons (Fsp3) is 0.431. The summed E-state index contributed by atoms with van der Waals surface area (Å²) in [5.74, 6) is 0.317. The minimum Gasteiger partial charge on any atom is -0.497 e. The summed E-state index contributed by atoms with van der Waals surface area (Å²) in [6, 6.07) is 44.7. The van der Waals surface area contributed by atoms with Crippen LogP contribution in [0, 0.1) is 6.92 Å². The van der Waals surface area contributed by atoms with Gasteiger partial charge < -0.3 is 32.8 Å². The third-order valence-corrected chi connectivity index (χ3v) is 20.9. The van der Waals surface area contributed by atoms with Crippen molar-refractivity contribution in [1.29, 1.82) is 0 Å². The summed E-state index contributed by atoms with van der Waals surface area (Å²) in [4.78, 5) is 15.2. The Morgan fingerprint density at radius 3 is 1.97 bits per heavy atom. The monoisotopic (exact) mass is 988 g/mol. The lowest BCUT2D eigenvalue weighted by Crippen LogP contribution is -2.67. The zero-order valence-corrected chi connectivity index (χ0v) is 45.9. The molecular weight excluding hydrogens is 913 g/mol. The van der Waals surface area contributed by atoms with Gasteiger partial charge in [0.25, 0.3) is 8.32 Å². The first-order valence-corrected chi connectivity index (χ1v) is 30.9. The molecule has 11 heteroatoms. The summed E-state index contributed by atoms with van der Waals surface area (Å²) >= 11 is 1.73. The van der Waals surface area contributed by atoms with Gasteiger partial charge >= 0.3 is 5.97 Å².